The molecule has 0 atom stereocenters. The van der Waals surface area contributed by atoms with Gasteiger partial charge in [-0.15, -0.1) is 0 Å². The molecule has 0 heterocycles. The smallest absolute Gasteiger partial charge is 0.0665 e. The molecule has 0 amide bonds. The number of aliphatic imine (C=N–C) groups is 2. The average molecular weight is 1160 g/mol. The van der Waals surface area contributed by atoms with Crippen LogP contribution in [-0.4, -0.2) is 11.9 Å². The number of hydrogen-bond donors (Lipinski definition) is 0. The average Bonchev–Trinajstić information content (AvgIpc) is 3.48. The molecule has 0 fully saturated rings. The third-order valence-corrected chi connectivity index (χ3v) is 17.3. The van der Waals surface area contributed by atoms with Gasteiger partial charge in [0.1, 0.15) is 0 Å². The molecule has 2 aromatic rings. The van der Waals surface area contributed by atoms with Crippen LogP contribution in [0.5, 0.6) is 0 Å². The molecule has 0 spiro atoms. The molecule has 0 unspecified atom stereocenters. The van der Waals surface area contributed by atoms with Gasteiger partial charge in [0.2, 0.25) is 0 Å². The normalized spacial score (nSPS) is 12.1. The summed E-state index contributed by atoms with van der Waals surface area (Å²) in [7, 11) is 0. The van der Waals surface area contributed by atoms with Crippen LogP contribution >= 0.6 is 0 Å². The summed E-state index contributed by atoms with van der Waals surface area (Å²) in [6, 6.07) is 17.5. The van der Waals surface area contributed by atoms with Gasteiger partial charge in [-0.25, -0.2) is 0 Å². The van der Waals surface area contributed by atoms with E-state index < -0.39 is 0 Å². The van der Waals surface area contributed by atoms with Gasteiger partial charge in [-0.2, -0.15) is 0 Å². The minimum Gasteiger partial charge on any atom is -0.255 e. The van der Waals surface area contributed by atoms with Crippen LogP contribution in [0.25, 0.3) is 0 Å². The minimum absolute atomic E-state index is 0. The van der Waals surface area contributed by atoms with Crippen molar-refractivity contribution in [2.75, 3.05) is 0 Å². The summed E-state index contributed by atoms with van der Waals surface area (Å²) in [6.45, 7) is 6.89. The first kappa shape index (κ1) is 76.8. The third-order valence-electron chi connectivity index (χ3n) is 17.3. The van der Waals surface area contributed by atoms with Gasteiger partial charge >= 0.3 is 0 Å². The third kappa shape index (κ3) is 51.9. The van der Waals surface area contributed by atoms with E-state index in [4.69, 9.17) is 9.98 Å². The Morgan fingerprint density at radius 2 is 0.531 bits per heavy atom. The van der Waals surface area contributed by atoms with Crippen LogP contribution < -0.4 is 0 Å². The summed E-state index contributed by atoms with van der Waals surface area (Å²) in [6.07, 6.45) is 91.1. The molecule has 2 rings (SSSR count). The number of nitrogens with zero attached hydrogens (tertiary/aromatic N) is 2. The fraction of sp³-hybridized carbons (Fsp3) is 0.769. The van der Waals surface area contributed by atoms with Crippen LogP contribution in [0.3, 0.4) is 0 Å². The van der Waals surface area contributed by atoms with Crippen molar-refractivity contribution in [2.45, 2.75) is 387 Å². The van der Waals surface area contributed by atoms with Gasteiger partial charge in [0, 0.05) is 22.7 Å². The fourth-order valence-corrected chi connectivity index (χ4v) is 11.9. The van der Waals surface area contributed by atoms with E-state index in [1.165, 1.54) is 332 Å². The van der Waals surface area contributed by atoms with Crippen molar-refractivity contribution in [1.82, 2.24) is 0 Å². The zero-order valence-corrected chi connectivity index (χ0v) is 55.5. The molecule has 0 radical (unpaired) electrons. The van der Waals surface area contributed by atoms with E-state index in [1.54, 1.807) is 0 Å². The minimum atomic E-state index is 0. The van der Waals surface area contributed by atoms with Crippen LogP contribution in [0, 0.1) is 0 Å². The summed E-state index contributed by atoms with van der Waals surface area (Å²) < 4.78 is 0. The summed E-state index contributed by atoms with van der Waals surface area (Å²) in [5.41, 5.74) is 5.96. The summed E-state index contributed by atoms with van der Waals surface area (Å²) in [5.74, 6) is 0. The first-order valence-electron chi connectivity index (χ1n) is 36.4. The van der Waals surface area contributed by atoms with Crippen molar-refractivity contribution in [3.05, 3.63) is 84.0 Å². The summed E-state index contributed by atoms with van der Waals surface area (Å²) >= 11 is 0. The van der Waals surface area contributed by atoms with E-state index in [9.17, 15) is 0 Å². The number of allylic oxidation sites excluding steroid dienone is 4. The van der Waals surface area contributed by atoms with Gasteiger partial charge in [-0.3, -0.25) is 9.98 Å². The molecule has 0 N–H and O–H groups in total. The zero-order chi connectivity index (χ0) is 56.8. The van der Waals surface area contributed by atoms with Gasteiger partial charge in [-0.05, 0) is 87.5 Å². The molecule has 0 bridgehead atoms. The van der Waals surface area contributed by atoms with Crippen LogP contribution in [0.15, 0.2) is 82.8 Å². The Morgan fingerprint density at radius 1 is 0.284 bits per heavy atom. The molecule has 0 aliphatic heterocycles. The van der Waals surface area contributed by atoms with Crippen molar-refractivity contribution in [2.24, 2.45) is 9.98 Å². The van der Waals surface area contributed by atoms with E-state index in [2.05, 4.69) is 99.8 Å². The molecule has 0 aromatic heterocycles. The van der Waals surface area contributed by atoms with Crippen LogP contribution in [0.1, 0.15) is 385 Å². The van der Waals surface area contributed by atoms with Gasteiger partial charge in [-0.1, -0.05) is 383 Å². The van der Waals surface area contributed by atoms with Crippen LogP contribution in [0.2, 0.25) is 0 Å². The second kappa shape index (κ2) is 63.8. The molecule has 3 heteroatoms. The van der Waals surface area contributed by atoms with Crippen LogP contribution in [-0.2, 0) is 29.3 Å². The Labute approximate surface area is 517 Å². The number of benzene rings is 2. The Balaban J connectivity index is 0.0000328. The first-order valence-corrected chi connectivity index (χ1v) is 36.4. The molecule has 2 aromatic carbocycles. The van der Waals surface area contributed by atoms with E-state index in [-0.39, 0.29) is 16.5 Å². The van der Waals surface area contributed by atoms with Gasteiger partial charge < -0.3 is 0 Å². The van der Waals surface area contributed by atoms with Crippen molar-refractivity contribution >= 4 is 23.3 Å². The Kier molecular flexibility index (Phi) is 60.4. The first-order chi connectivity index (χ1) is 39.8. The molecular formula is C78H136N2Ni. The molecule has 468 valence electrons. The number of unbranched alkanes of at least 4 members (excludes halogenated alkanes) is 49. The Morgan fingerprint density at radius 3 is 0.840 bits per heavy atom. The zero-order valence-electron chi connectivity index (χ0n) is 54.5. The Hall–Kier alpha value is -2.25. The quantitative estimate of drug-likeness (QED) is 0.0273. The molecule has 0 saturated carbocycles. The largest absolute Gasteiger partial charge is 0.255 e. The topological polar surface area (TPSA) is 24.7 Å². The van der Waals surface area contributed by atoms with E-state index in [0.717, 1.165) is 62.0 Å². The second-order valence-corrected chi connectivity index (χ2v) is 25.1. The molecule has 0 aliphatic rings. The van der Waals surface area contributed by atoms with Crippen molar-refractivity contribution in [3.63, 3.8) is 0 Å². The van der Waals surface area contributed by atoms with E-state index in [0.29, 0.717) is 0 Å². The number of hydrogen-bond acceptors (Lipinski definition) is 2. The molecule has 0 saturated heterocycles. The van der Waals surface area contributed by atoms with E-state index in [1.807, 2.05) is 0 Å². The maximum Gasteiger partial charge on any atom is 0.0665 e. The van der Waals surface area contributed by atoms with Crippen LogP contribution in [0.4, 0.5) is 11.4 Å². The monoisotopic (exact) mass is 1160 g/mol. The van der Waals surface area contributed by atoms with Gasteiger partial charge in [0.25, 0.3) is 0 Å². The fourth-order valence-electron chi connectivity index (χ4n) is 11.9. The number of rotatable bonds is 62. The molecule has 0 aliphatic carbocycles. The SMILES string of the molecule is CCCCCCCCCCCCCCCCCCCCCCCCCC/C=C/CCc1ccccc1N=CC(CCCC)=Nc1ccccc1CC/C=C/CCCCCCCCCCCCCCCCCCCCCCCCCC.[Ni]. The van der Waals surface area contributed by atoms with Crippen molar-refractivity contribution in [3.8, 4) is 0 Å². The Bertz CT molecular complexity index is 1690. The molecular weight excluding hydrogens is 1020 g/mol. The molecule has 81 heavy (non-hydrogen) atoms. The maximum absolute atomic E-state index is 5.26. The van der Waals surface area contributed by atoms with Gasteiger partial charge in [0.05, 0.1) is 17.1 Å². The predicted molar refractivity (Wildman–Crippen MR) is 365 cm³/mol. The molecule has 2 nitrogen and oxygen atoms in total. The van der Waals surface area contributed by atoms with Gasteiger partial charge in [0.15, 0.2) is 0 Å². The maximum atomic E-state index is 5.26. The summed E-state index contributed by atoms with van der Waals surface area (Å²) in [5, 5.41) is 0. The number of aryl methyl sites for hydroxylation is 2. The number of para-hydroxylation sites is 2. The second-order valence-electron chi connectivity index (χ2n) is 25.1. The van der Waals surface area contributed by atoms with E-state index >= 15 is 0 Å². The summed E-state index contributed by atoms with van der Waals surface area (Å²) in [4.78, 5) is 10.3. The van der Waals surface area contributed by atoms with Crippen molar-refractivity contribution in [1.29, 1.82) is 0 Å². The van der Waals surface area contributed by atoms with Crippen molar-refractivity contribution < 1.29 is 16.5 Å². The predicted octanol–water partition coefficient (Wildman–Crippen LogP) is 27.9. The standard InChI is InChI=1S/C78H136N2.Ni/c1-4-7-10-12-14-16-18-20-22-24-26-28-30-32-34-36-38-40-42-44-46-48-50-52-54-56-58-60-66-74-68-62-64-71-77(74)79-73-76(70-9-6-3)80-78-72-65-63-69-75(78)67-61-59-57-55-53-51-49-47-45-43-41-39-37-35-33-31-29-27-25-23-21-19-17-15-13-11-8-5-2;/h56-59,62-65,68-69,71-73H,4-55,60-61,66-67,70H2,1-3H3;/b58-56+,59-57+,79-73?,80-76?;.